The molecule has 1 saturated heterocycles. The van der Waals surface area contributed by atoms with Crippen LogP contribution in [0.4, 0.5) is 0 Å². The van der Waals surface area contributed by atoms with Crippen LogP contribution in [0.3, 0.4) is 0 Å². The maximum atomic E-state index is 13.0. The Balaban J connectivity index is 1.56. The van der Waals surface area contributed by atoms with Crippen LogP contribution in [0.15, 0.2) is 96.3 Å². The fraction of sp³-hybridized carbons (Fsp3) is 0.478. The van der Waals surface area contributed by atoms with E-state index in [1.54, 1.807) is 25.1 Å². The van der Waals surface area contributed by atoms with Crippen molar-refractivity contribution in [2.24, 2.45) is 0 Å². The maximum Gasteiger partial charge on any atom is 0.278 e. The summed E-state index contributed by atoms with van der Waals surface area (Å²) in [6.45, 7) is 19.5. The number of hydrogen-bond acceptors (Lipinski definition) is 12. The zero-order valence-corrected chi connectivity index (χ0v) is 39.6. The zero-order valence-electron chi connectivity index (χ0n) is 37.7. The van der Waals surface area contributed by atoms with E-state index in [2.05, 4.69) is 99.4 Å². The molecule has 0 aliphatic carbocycles. The highest BCUT2D eigenvalue weighted by Crippen LogP contribution is 2.53. The molecule has 0 spiro atoms. The second-order valence-electron chi connectivity index (χ2n) is 17.4. The Morgan fingerprint density at radius 3 is 2.00 bits per heavy atom. The van der Waals surface area contributed by atoms with Crippen LogP contribution < -0.4 is 15.0 Å². The van der Waals surface area contributed by atoms with E-state index in [-0.39, 0.29) is 47.8 Å². The van der Waals surface area contributed by atoms with E-state index >= 15 is 0 Å². The number of nitrogens with zero attached hydrogens (tertiary/aromatic N) is 5. The number of ether oxygens (including phenoxy) is 4. The third-order valence-electron chi connectivity index (χ3n) is 11.7. The number of fused-ring (bicyclic) bond motifs is 1. The van der Waals surface area contributed by atoms with Crippen LogP contribution in [0.25, 0.3) is 11.2 Å². The fourth-order valence-corrected chi connectivity index (χ4v) is 10.6. The number of benzene rings is 3. The smallest absolute Gasteiger partial charge is 0.278 e. The standard InChI is InChI=1S/C46H61N6O8PSi/c1-31(2)52(32(3)4)61(57-27-15-26-47)59-40-38(58-44(41(40)60-62(10,11)45(5,6)7)51-30-50-39-42(51)48-29-49-43(39)53)28-56-46(33-16-13-12-14-17-33,34-18-22-36(54-8)23-19-34)35-20-24-37(55-9)25-21-35/h12-14,16-25,29-32,38,40-41,44H,15,27-28H2,1-11H3,(H,48,49,53). The van der Waals surface area contributed by atoms with Gasteiger partial charge in [0.15, 0.2) is 25.7 Å². The normalized spacial score (nSPS) is 19.0. The summed E-state index contributed by atoms with van der Waals surface area (Å²) >= 11 is 0. The lowest BCUT2D eigenvalue weighted by Gasteiger charge is -2.42. The van der Waals surface area contributed by atoms with E-state index in [1.165, 1.54) is 6.33 Å². The number of nitrogens with one attached hydrogen (secondary N) is 1. The summed E-state index contributed by atoms with van der Waals surface area (Å²) in [6, 6.07) is 28.1. The van der Waals surface area contributed by atoms with Gasteiger partial charge in [0.1, 0.15) is 35.4 Å². The van der Waals surface area contributed by atoms with Gasteiger partial charge < -0.3 is 37.4 Å². The number of nitriles is 1. The molecule has 2 aromatic heterocycles. The van der Waals surface area contributed by atoms with Crippen molar-refractivity contribution in [2.45, 2.75) is 115 Å². The van der Waals surface area contributed by atoms with Crippen LogP contribution in [-0.2, 0) is 28.5 Å². The fourth-order valence-electron chi connectivity index (χ4n) is 7.57. The molecule has 1 aliphatic rings. The third-order valence-corrected chi connectivity index (χ3v) is 18.3. The van der Waals surface area contributed by atoms with E-state index in [0.717, 1.165) is 16.7 Å². The first-order valence-corrected chi connectivity index (χ1v) is 25.1. The second-order valence-corrected chi connectivity index (χ2v) is 23.6. The Labute approximate surface area is 367 Å². The van der Waals surface area contributed by atoms with Gasteiger partial charge in [-0.1, -0.05) is 75.4 Å². The van der Waals surface area contributed by atoms with Gasteiger partial charge in [-0.3, -0.25) is 9.36 Å². The maximum absolute atomic E-state index is 13.0. The molecule has 6 rings (SSSR count). The molecule has 5 atom stereocenters. The molecule has 5 unspecified atom stereocenters. The Morgan fingerprint density at radius 2 is 1.47 bits per heavy atom. The van der Waals surface area contributed by atoms with Crippen molar-refractivity contribution in [3.8, 4) is 17.6 Å². The van der Waals surface area contributed by atoms with Crippen molar-refractivity contribution >= 4 is 28.0 Å². The molecule has 0 bridgehead atoms. The summed E-state index contributed by atoms with van der Waals surface area (Å²) in [4.78, 5) is 24.7. The van der Waals surface area contributed by atoms with Gasteiger partial charge in [0, 0.05) is 12.1 Å². The molecule has 1 N–H and O–H groups in total. The molecule has 0 saturated carbocycles. The summed E-state index contributed by atoms with van der Waals surface area (Å²) in [5, 5.41) is 9.36. The first-order valence-electron chi connectivity index (χ1n) is 21.0. The predicted octanol–water partition coefficient (Wildman–Crippen LogP) is 9.09. The van der Waals surface area contributed by atoms with Gasteiger partial charge in [-0.25, -0.2) is 14.6 Å². The van der Waals surface area contributed by atoms with Crippen LogP contribution in [0.5, 0.6) is 11.5 Å². The number of imidazole rings is 1. The Hall–Kier alpha value is -4.49. The van der Waals surface area contributed by atoms with Crippen LogP contribution in [0, 0.1) is 11.3 Å². The summed E-state index contributed by atoms with van der Waals surface area (Å²) in [5.74, 6) is 1.41. The van der Waals surface area contributed by atoms with Crippen LogP contribution in [0.1, 0.15) is 77.8 Å². The number of aromatic amines is 1. The molecule has 1 fully saturated rings. The summed E-state index contributed by atoms with van der Waals surface area (Å²) in [6.07, 6.45) is -0.0407. The lowest BCUT2D eigenvalue weighted by atomic mass is 9.80. The monoisotopic (exact) mass is 884 g/mol. The molecule has 3 aromatic carbocycles. The Kier molecular flexibility index (Phi) is 15.1. The highest BCUT2D eigenvalue weighted by atomic mass is 31.2. The molecule has 5 aromatic rings. The average Bonchev–Trinajstić information content (AvgIpc) is 3.82. The molecule has 14 nitrogen and oxygen atoms in total. The van der Waals surface area contributed by atoms with Gasteiger partial charge in [-0.05, 0) is 86.8 Å². The van der Waals surface area contributed by atoms with Crippen LogP contribution in [0.2, 0.25) is 18.1 Å². The average molecular weight is 885 g/mol. The Bertz CT molecular complexity index is 2260. The third kappa shape index (κ3) is 9.83. The molecule has 3 heterocycles. The molecule has 0 radical (unpaired) electrons. The van der Waals surface area contributed by atoms with Crippen molar-refractivity contribution < 1.29 is 32.4 Å². The molecule has 332 valence electrons. The lowest BCUT2D eigenvalue weighted by molar-refractivity contribution is -0.0926. The minimum Gasteiger partial charge on any atom is -0.497 e. The second kappa shape index (κ2) is 19.9. The molecular weight excluding hydrogens is 824 g/mol. The molecular formula is C46H61N6O8PSi. The SMILES string of the molecule is COc1ccc(C(OCC2OC(n3cnc4c(=O)[nH]cnc43)C(O[Si](C)(C)C(C)(C)C)C2OP(OCCC#N)N(C(C)C)C(C)C)(c2ccccc2)c2ccc(OC)cc2)cc1. The molecule has 0 amide bonds. The van der Waals surface area contributed by atoms with E-state index in [9.17, 15) is 10.1 Å². The summed E-state index contributed by atoms with van der Waals surface area (Å²) in [7, 11) is -1.10. The van der Waals surface area contributed by atoms with Crippen LogP contribution >= 0.6 is 8.53 Å². The van der Waals surface area contributed by atoms with Gasteiger partial charge in [0.25, 0.3) is 14.1 Å². The van der Waals surface area contributed by atoms with Crippen molar-refractivity contribution in [1.29, 1.82) is 5.26 Å². The minimum atomic E-state index is -2.60. The van der Waals surface area contributed by atoms with Gasteiger partial charge in [0.2, 0.25) is 0 Å². The highest BCUT2D eigenvalue weighted by molar-refractivity contribution is 7.44. The highest BCUT2D eigenvalue weighted by Gasteiger charge is 2.54. The van der Waals surface area contributed by atoms with Crippen molar-refractivity contribution in [1.82, 2.24) is 24.2 Å². The number of rotatable bonds is 19. The van der Waals surface area contributed by atoms with Crippen LogP contribution in [-0.4, -0.2) is 90.3 Å². The minimum absolute atomic E-state index is 0.0108. The van der Waals surface area contributed by atoms with Gasteiger partial charge in [-0.15, -0.1) is 0 Å². The number of methoxy groups -OCH3 is 2. The largest absolute Gasteiger partial charge is 0.497 e. The van der Waals surface area contributed by atoms with Crippen molar-refractivity contribution in [3.63, 3.8) is 0 Å². The summed E-state index contributed by atoms with van der Waals surface area (Å²) < 4.78 is 51.1. The molecule has 62 heavy (non-hydrogen) atoms. The number of hydrogen-bond donors (Lipinski definition) is 1. The van der Waals surface area contributed by atoms with Crippen molar-refractivity contribution in [3.05, 3.63) is 119 Å². The van der Waals surface area contributed by atoms with E-state index < -0.39 is 47.0 Å². The molecule has 1 aliphatic heterocycles. The first-order chi connectivity index (χ1) is 29.6. The zero-order chi connectivity index (χ0) is 44.8. The first kappa shape index (κ1) is 47.0. The van der Waals surface area contributed by atoms with Crippen molar-refractivity contribution in [2.75, 3.05) is 27.4 Å². The van der Waals surface area contributed by atoms with E-state index in [1.807, 2.05) is 66.7 Å². The lowest BCUT2D eigenvalue weighted by Crippen LogP contribution is -2.50. The predicted molar refractivity (Wildman–Crippen MR) is 242 cm³/mol. The Morgan fingerprint density at radius 1 is 0.887 bits per heavy atom. The van der Waals surface area contributed by atoms with Gasteiger partial charge in [-0.2, -0.15) is 5.26 Å². The van der Waals surface area contributed by atoms with E-state index in [4.69, 9.17) is 32.4 Å². The number of aromatic nitrogens is 4. The van der Waals surface area contributed by atoms with E-state index in [0.29, 0.717) is 17.1 Å². The topological polar surface area (TPSA) is 155 Å². The summed E-state index contributed by atoms with van der Waals surface area (Å²) in [5.41, 5.74) is 1.57. The number of H-pyrrole nitrogens is 1. The van der Waals surface area contributed by atoms with Gasteiger partial charge in [0.05, 0.1) is 52.6 Å². The van der Waals surface area contributed by atoms with Gasteiger partial charge >= 0.3 is 0 Å². The quantitative estimate of drug-likeness (QED) is 0.0364. The molecule has 16 heteroatoms.